The number of piperidine rings is 1. The highest BCUT2D eigenvalue weighted by Crippen LogP contribution is 2.34. The molecule has 1 aliphatic rings. The van der Waals surface area contributed by atoms with E-state index in [9.17, 15) is 0 Å². The minimum Gasteiger partial charge on any atom is -0.496 e. The van der Waals surface area contributed by atoms with Crippen molar-refractivity contribution in [3.05, 3.63) is 90.0 Å². The molecule has 0 aliphatic carbocycles. The second kappa shape index (κ2) is 13.0. The Kier molecular flexibility index (Phi) is 9.45. The van der Waals surface area contributed by atoms with Crippen molar-refractivity contribution >= 4 is 29.5 Å². The molecular formula is C30H37ClN4O2. The highest BCUT2D eigenvalue weighted by atomic mass is 35.5. The number of ether oxygens (including phenoxy) is 1. The summed E-state index contributed by atoms with van der Waals surface area (Å²) in [6.07, 6.45) is 3.18. The number of methoxy groups -OCH3 is 1. The Labute approximate surface area is 225 Å². The van der Waals surface area contributed by atoms with Gasteiger partial charge in [-0.05, 0) is 49.1 Å². The molecule has 2 heterocycles. The topological polar surface area (TPSA) is 71.4 Å². The lowest BCUT2D eigenvalue weighted by Gasteiger charge is -2.43. The summed E-state index contributed by atoms with van der Waals surface area (Å²) in [4.78, 5) is 4.72. The quantitative estimate of drug-likeness (QED) is 0.226. The molecule has 4 aromatic rings. The molecule has 3 aromatic carbocycles. The van der Waals surface area contributed by atoms with Crippen LogP contribution in [0, 0.1) is 5.92 Å². The second-order valence-corrected chi connectivity index (χ2v) is 9.54. The molecule has 1 aliphatic heterocycles. The highest BCUT2D eigenvalue weighted by Gasteiger charge is 2.38. The predicted octanol–water partition coefficient (Wildman–Crippen LogP) is 6.35. The summed E-state index contributed by atoms with van der Waals surface area (Å²) in [5, 5.41) is 11.4. The summed E-state index contributed by atoms with van der Waals surface area (Å²) >= 11 is 0. The minimum absolute atomic E-state index is 0. The number of para-hydroxylation sites is 3. The Morgan fingerprint density at radius 2 is 1.78 bits per heavy atom. The van der Waals surface area contributed by atoms with Gasteiger partial charge in [0.1, 0.15) is 11.3 Å². The molecule has 37 heavy (non-hydrogen) atoms. The Morgan fingerprint density at radius 1 is 1.03 bits per heavy atom. The summed E-state index contributed by atoms with van der Waals surface area (Å²) in [5.41, 5.74) is 4.16. The Hall–Kier alpha value is -3.06. The maximum Gasteiger partial charge on any atom is 0.295 e. The molecule has 0 amide bonds. The van der Waals surface area contributed by atoms with Crippen LogP contribution in [-0.2, 0) is 6.54 Å². The van der Waals surface area contributed by atoms with Crippen LogP contribution < -0.4 is 20.7 Å². The molecule has 6 nitrogen and oxygen atoms in total. The number of hydrogen-bond acceptors (Lipinski definition) is 6. The number of fused-ring (bicyclic) bond motifs is 1. The van der Waals surface area contributed by atoms with E-state index in [1.807, 2.05) is 36.4 Å². The van der Waals surface area contributed by atoms with E-state index >= 15 is 0 Å². The van der Waals surface area contributed by atoms with Crippen LogP contribution in [0.3, 0.4) is 0 Å². The number of nitrogens with one attached hydrogen (secondary N) is 3. The first-order chi connectivity index (χ1) is 17.8. The molecule has 0 spiro atoms. The van der Waals surface area contributed by atoms with E-state index in [-0.39, 0.29) is 30.5 Å². The number of benzene rings is 3. The van der Waals surface area contributed by atoms with E-state index in [1.54, 1.807) is 7.11 Å². The van der Waals surface area contributed by atoms with Gasteiger partial charge in [0.25, 0.3) is 6.01 Å². The number of oxazole rings is 1. The van der Waals surface area contributed by atoms with Gasteiger partial charge in [0.15, 0.2) is 5.58 Å². The van der Waals surface area contributed by atoms with E-state index in [4.69, 9.17) is 14.1 Å². The molecule has 0 bridgehead atoms. The third-order valence-electron chi connectivity index (χ3n) is 7.26. The Bertz CT molecular complexity index is 1220. The molecule has 1 saturated heterocycles. The fourth-order valence-electron chi connectivity index (χ4n) is 5.54. The third kappa shape index (κ3) is 6.27. The van der Waals surface area contributed by atoms with Crippen molar-refractivity contribution < 1.29 is 9.15 Å². The molecule has 5 rings (SSSR count). The number of halogens is 1. The maximum absolute atomic E-state index is 6.07. The van der Waals surface area contributed by atoms with Gasteiger partial charge in [-0.2, -0.15) is 4.98 Å². The molecule has 1 aromatic heterocycles. The van der Waals surface area contributed by atoms with Gasteiger partial charge in [0, 0.05) is 30.2 Å². The summed E-state index contributed by atoms with van der Waals surface area (Å²) in [6.45, 7) is 3.94. The van der Waals surface area contributed by atoms with Gasteiger partial charge >= 0.3 is 0 Å². The first-order valence-electron chi connectivity index (χ1n) is 13.0. The summed E-state index contributed by atoms with van der Waals surface area (Å²) in [6, 6.07) is 28.2. The monoisotopic (exact) mass is 520 g/mol. The largest absolute Gasteiger partial charge is 0.496 e. The normalized spacial score (nSPS) is 20.2. The minimum atomic E-state index is 0. The first kappa shape index (κ1) is 27.0. The number of rotatable bonds is 10. The van der Waals surface area contributed by atoms with Crippen LogP contribution in [0.5, 0.6) is 5.75 Å². The van der Waals surface area contributed by atoms with Gasteiger partial charge in [-0.1, -0.05) is 74.0 Å². The standard InChI is InChI=1S/C30H36N4O2.ClH/c1-3-11-24(33-30-34-25-15-8-10-17-27(25)36-30)23-18-19-31-28(21-12-5-4-6-13-21)29(23)32-20-22-14-7-9-16-26(22)35-2;/h4-10,12-17,23-24,28-29,31-32H,3,11,18-20H2,1-2H3,(H,33,34);1H. The second-order valence-electron chi connectivity index (χ2n) is 9.54. The van der Waals surface area contributed by atoms with Crippen LogP contribution in [-0.4, -0.2) is 30.7 Å². The zero-order valence-corrected chi connectivity index (χ0v) is 22.3. The van der Waals surface area contributed by atoms with Crippen molar-refractivity contribution in [3.8, 4) is 5.75 Å². The van der Waals surface area contributed by atoms with Crippen molar-refractivity contribution in [2.75, 3.05) is 19.0 Å². The van der Waals surface area contributed by atoms with E-state index in [1.165, 1.54) is 5.56 Å². The average Bonchev–Trinajstić information content (AvgIpc) is 3.34. The fourth-order valence-corrected chi connectivity index (χ4v) is 5.54. The Balaban J connectivity index is 0.00000320. The smallest absolute Gasteiger partial charge is 0.295 e. The van der Waals surface area contributed by atoms with E-state index in [0.29, 0.717) is 11.9 Å². The van der Waals surface area contributed by atoms with Crippen LogP contribution in [0.15, 0.2) is 83.3 Å². The zero-order chi connectivity index (χ0) is 24.7. The molecule has 0 saturated carbocycles. The van der Waals surface area contributed by atoms with E-state index in [0.717, 1.165) is 54.8 Å². The molecule has 7 heteroatoms. The Morgan fingerprint density at radius 3 is 2.57 bits per heavy atom. The molecule has 1 fully saturated rings. The summed E-state index contributed by atoms with van der Waals surface area (Å²) < 4.78 is 11.7. The molecule has 3 N–H and O–H groups in total. The first-order valence-corrected chi connectivity index (χ1v) is 13.0. The van der Waals surface area contributed by atoms with Gasteiger partial charge in [-0.15, -0.1) is 12.4 Å². The van der Waals surface area contributed by atoms with Gasteiger partial charge in [0.05, 0.1) is 7.11 Å². The van der Waals surface area contributed by atoms with Gasteiger partial charge in [0.2, 0.25) is 0 Å². The van der Waals surface area contributed by atoms with Crippen LogP contribution in [0.2, 0.25) is 0 Å². The number of aromatic nitrogens is 1. The third-order valence-corrected chi connectivity index (χ3v) is 7.26. The van der Waals surface area contributed by atoms with Crippen LogP contribution in [0.25, 0.3) is 11.1 Å². The SMILES string of the molecule is CCCC(Nc1nc2ccccc2o1)C1CCNC(c2ccccc2)C1NCc1ccccc1OC.Cl. The van der Waals surface area contributed by atoms with Crippen molar-refractivity contribution in [1.82, 2.24) is 15.6 Å². The zero-order valence-electron chi connectivity index (χ0n) is 21.5. The van der Waals surface area contributed by atoms with Crippen LogP contribution >= 0.6 is 12.4 Å². The molecular weight excluding hydrogens is 484 g/mol. The predicted molar refractivity (Wildman–Crippen MR) is 152 cm³/mol. The van der Waals surface area contributed by atoms with Crippen molar-refractivity contribution in [2.24, 2.45) is 5.92 Å². The van der Waals surface area contributed by atoms with Gasteiger partial charge in [-0.3, -0.25) is 0 Å². The lowest BCUT2D eigenvalue weighted by Crippen LogP contribution is -2.55. The van der Waals surface area contributed by atoms with Gasteiger partial charge in [-0.25, -0.2) is 0 Å². The summed E-state index contributed by atoms with van der Waals surface area (Å²) in [7, 11) is 1.73. The van der Waals surface area contributed by atoms with Crippen molar-refractivity contribution in [1.29, 1.82) is 0 Å². The van der Waals surface area contributed by atoms with Crippen LogP contribution in [0.1, 0.15) is 43.4 Å². The van der Waals surface area contributed by atoms with Crippen LogP contribution in [0.4, 0.5) is 6.01 Å². The molecule has 0 radical (unpaired) electrons. The molecule has 4 unspecified atom stereocenters. The number of hydrogen-bond donors (Lipinski definition) is 3. The lowest BCUT2D eigenvalue weighted by atomic mass is 9.78. The molecule has 196 valence electrons. The molecule has 4 atom stereocenters. The van der Waals surface area contributed by atoms with E-state index in [2.05, 4.69) is 65.3 Å². The van der Waals surface area contributed by atoms with Crippen molar-refractivity contribution in [3.63, 3.8) is 0 Å². The fraction of sp³-hybridized carbons (Fsp3) is 0.367. The number of nitrogens with zero attached hydrogens (tertiary/aromatic N) is 1. The van der Waals surface area contributed by atoms with Gasteiger partial charge < -0.3 is 25.1 Å². The lowest BCUT2D eigenvalue weighted by molar-refractivity contribution is 0.188. The highest BCUT2D eigenvalue weighted by molar-refractivity contribution is 5.85. The summed E-state index contributed by atoms with van der Waals surface area (Å²) in [5.74, 6) is 1.29. The number of anilines is 1. The van der Waals surface area contributed by atoms with Crippen molar-refractivity contribution in [2.45, 2.75) is 50.9 Å². The van der Waals surface area contributed by atoms with E-state index < -0.39 is 0 Å². The maximum atomic E-state index is 6.07. The average molecular weight is 521 g/mol.